The Hall–Kier alpha value is -0.780. The molecular formula is C16H24BrClN2O2. The topological polar surface area (TPSA) is 64.3 Å². The van der Waals surface area contributed by atoms with Crippen LogP contribution in [0.3, 0.4) is 0 Å². The summed E-state index contributed by atoms with van der Waals surface area (Å²) >= 11 is 3.43. The standard InChI is InChI=1S/C16H23BrN2O2.ClH/c1-11(2)21-14-8-12(7-13(17)9-14)15(20)19-16(10-18)5-3-4-6-16;/h7-9,11H,3-6,10,18H2,1-2H3,(H,19,20);1H. The molecule has 0 atom stereocenters. The first-order chi connectivity index (χ1) is 9.94. The first-order valence-electron chi connectivity index (χ1n) is 7.44. The number of hydrogen-bond donors (Lipinski definition) is 2. The third kappa shape index (κ3) is 4.86. The molecule has 22 heavy (non-hydrogen) atoms. The Morgan fingerprint density at radius 3 is 2.55 bits per heavy atom. The molecule has 0 aromatic heterocycles. The van der Waals surface area contributed by atoms with Crippen LogP contribution in [0.15, 0.2) is 22.7 Å². The summed E-state index contributed by atoms with van der Waals surface area (Å²) in [5.74, 6) is 0.606. The highest BCUT2D eigenvalue weighted by atomic mass is 79.9. The summed E-state index contributed by atoms with van der Waals surface area (Å²) in [5.41, 5.74) is 6.23. The molecule has 1 saturated carbocycles. The van der Waals surface area contributed by atoms with Crippen LogP contribution in [0.4, 0.5) is 0 Å². The minimum Gasteiger partial charge on any atom is -0.491 e. The van der Waals surface area contributed by atoms with Gasteiger partial charge in [-0.3, -0.25) is 4.79 Å². The highest BCUT2D eigenvalue weighted by molar-refractivity contribution is 9.10. The van der Waals surface area contributed by atoms with Crippen molar-refractivity contribution in [3.05, 3.63) is 28.2 Å². The second kappa shape index (κ2) is 8.18. The molecule has 124 valence electrons. The second-order valence-corrected chi connectivity index (χ2v) is 6.90. The lowest BCUT2D eigenvalue weighted by Gasteiger charge is -2.28. The van der Waals surface area contributed by atoms with Gasteiger partial charge in [-0.15, -0.1) is 12.4 Å². The molecule has 0 bridgehead atoms. The Balaban J connectivity index is 0.00000242. The predicted octanol–water partition coefficient (Wildman–Crippen LogP) is 3.66. The van der Waals surface area contributed by atoms with Crippen molar-refractivity contribution in [3.63, 3.8) is 0 Å². The van der Waals surface area contributed by atoms with E-state index in [-0.39, 0.29) is 30.0 Å². The normalized spacial score (nSPS) is 16.2. The van der Waals surface area contributed by atoms with E-state index in [1.165, 1.54) is 0 Å². The molecule has 1 amide bonds. The van der Waals surface area contributed by atoms with Crippen molar-refractivity contribution in [2.24, 2.45) is 5.73 Å². The number of halogens is 2. The first kappa shape index (κ1) is 19.3. The van der Waals surface area contributed by atoms with E-state index in [1.54, 1.807) is 6.07 Å². The van der Waals surface area contributed by atoms with Gasteiger partial charge < -0.3 is 15.8 Å². The van der Waals surface area contributed by atoms with Crippen molar-refractivity contribution < 1.29 is 9.53 Å². The van der Waals surface area contributed by atoms with Crippen LogP contribution >= 0.6 is 28.3 Å². The van der Waals surface area contributed by atoms with Crippen LogP contribution < -0.4 is 15.8 Å². The number of amides is 1. The van der Waals surface area contributed by atoms with Crippen molar-refractivity contribution in [1.82, 2.24) is 5.32 Å². The van der Waals surface area contributed by atoms with Crippen LogP contribution in [0, 0.1) is 0 Å². The summed E-state index contributed by atoms with van der Waals surface area (Å²) in [7, 11) is 0. The van der Waals surface area contributed by atoms with Gasteiger partial charge in [-0.2, -0.15) is 0 Å². The lowest BCUT2D eigenvalue weighted by Crippen LogP contribution is -2.51. The fourth-order valence-corrected chi connectivity index (χ4v) is 3.25. The Bertz CT molecular complexity index is 517. The minimum absolute atomic E-state index is 0. The molecule has 0 heterocycles. The van der Waals surface area contributed by atoms with Gasteiger partial charge in [-0.05, 0) is 44.9 Å². The summed E-state index contributed by atoms with van der Waals surface area (Å²) in [4.78, 5) is 12.5. The van der Waals surface area contributed by atoms with Crippen LogP contribution in [-0.2, 0) is 0 Å². The van der Waals surface area contributed by atoms with Gasteiger partial charge in [0, 0.05) is 16.6 Å². The Labute approximate surface area is 146 Å². The van der Waals surface area contributed by atoms with E-state index >= 15 is 0 Å². The van der Waals surface area contributed by atoms with Gasteiger partial charge in [0.2, 0.25) is 0 Å². The van der Waals surface area contributed by atoms with E-state index in [0.29, 0.717) is 17.9 Å². The van der Waals surface area contributed by atoms with Crippen LogP contribution in [0.5, 0.6) is 5.75 Å². The van der Waals surface area contributed by atoms with E-state index in [0.717, 1.165) is 30.2 Å². The first-order valence-corrected chi connectivity index (χ1v) is 8.23. The van der Waals surface area contributed by atoms with Crippen LogP contribution in [-0.4, -0.2) is 24.1 Å². The number of nitrogens with one attached hydrogen (secondary N) is 1. The zero-order valence-corrected chi connectivity index (χ0v) is 15.4. The third-order valence-corrected chi connectivity index (χ3v) is 4.29. The van der Waals surface area contributed by atoms with Gasteiger partial charge >= 0.3 is 0 Å². The average molecular weight is 392 g/mol. The van der Waals surface area contributed by atoms with E-state index < -0.39 is 0 Å². The lowest BCUT2D eigenvalue weighted by atomic mass is 9.97. The summed E-state index contributed by atoms with van der Waals surface area (Å²) < 4.78 is 6.51. The van der Waals surface area contributed by atoms with Gasteiger partial charge in [0.25, 0.3) is 5.91 Å². The maximum absolute atomic E-state index is 12.5. The van der Waals surface area contributed by atoms with Crippen molar-refractivity contribution in [2.75, 3.05) is 6.54 Å². The summed E-state index contributed by atoms with van der Waals surface area (Å²) in [5, 5.41) is 3.13. The minimum atomic E-state index is -0.238. The number of ether oxygens (including phenoxy) is 1. The number of nitrogens with two attached hydrogens (primary N) is 1. The molecule has 1 aliphatic rings. The number of benzene rings is 1. The predicted molar refractivity (Wildman–Crippen MR) is 94.9 cm³/mol. The van der Waals surface area contributed by atoms with E-state index in [4.69, 9.17) is 10.5 Å². The molecule has 0 aliphatic heterocycles. The summed E-state index contributed by atoms with van der Waals surface area (Å²) in [6, 6.07) is 5.45. The molecule has 0 spiro atoms. The lowest BCUT2D eigenvalue weighted by molar-refractivity contribution is 0.0902. The average Bonchev–Trinajstić information content (AvgIpc) is 2.86. The number of hydrogen-bond acceptors (Lipinski definition) is 3. The quantitative estimate of drug-likeness (QED) is 0.805. The molecule has 1 aliphatic carbocycles. The van der Waals surface area contributed by atoms with Gasteiger partial charge in [-0.25, -0.2) is 0 Å². The zero-order chi connectivity index (χ0) is 15.5. The van der Waals surface area contributed by atoms with Crippen molar-refractivity contribution in [2.45, 2.75) is 51.2 Å². The van der Waals surface area contributed by atoms with Crippen molar-refractivity contribution >= 4 is 34.2 Å². The molecule has 4 nitrogen and oxygen atoms in total. The summed E-state index contributed by atoms with van der Waals surface area (Å²) in [6.07, 6.45) is 4.23. The highest BCUT2D eigenvalue weighted by Crippen LogP contribution is 2.29. The largest absolute Gasteiger partial charge is 0.491 e. The molecule has 1 aromatic rings. The van der Waals surface area contributed by atoms with Crippen molar-refractivity contribution in [1.29, 1.82) is 0 Å². The smallest absolute Gasteiger partial charge is 0.251 e. The molecule has 0 saturated heterocycles. The summed E-state index contributed by atoms with van der Waals surface area (Å²) in [6.45, 7) is 4.41. The Kier molecular flexibility index (Phi) is 7.16. The van der Waals surface area contributed by atoms with E-state index in [2.05, 4.69) is 21.2 Å². The SMILES string of the molecule is CC(C)Oc1cc(Br)cc(C(=O)NC2(CN)CCCC2)c1.Cl. The molecule has 1 fully saturated rings. The number of carbonyl (C=O) groups excluding carboxylic acids is 1. The number of carbonyl (C=O) groups is 1. The maximum atomic E-state index is 12.5. The molecule has 2 rings (SSSR count). The Morgan fingerprint density at radius 1 is 1.36 bits per heavy atom. The van der Waals surface area contributed by atoms with Gasteiger partial charge in [-0.1, -0.05) is 28.8 Å². The van der Waals surface area contributed by atoms with Gasteiger partial charge in [0.1, 0.15) is 5.75 Å². The zero-order valence-electron chi connectivity index (χ0n) is 13.0. The Morgan fingerprint density at radius 2 is 2.00 bits per heavy atom. The molecule has 6 heteroatoms. The molecule has 0 radical (unpaired) electrons. The van der Waals surface area contributed by atoms with Gasteiger partial charge in [0.05, 0.1) is 11.6 Å². The number of rotatable bonds is 5. The van der Waals surface area contributed by atoms with Gasteiger partial charge in [0.15, 0.2) is 0 Å². The van der Waals surface area contributed by atoms with Crippen LogP contribution in [0.2, 0.25) is 0 Å². The maximum Gasteiger partial charge on any atom is 0.251 e. The van der Waals surface area contributed by atoms with Crippen LogP contribution in [0.25, 0.3) is 0 Å². The fourth-order valence-electron chi connectivity index (χ4n) is 2.78. The van der Waals surface area contributed by atoms with E-state index in [1.807, 2.05) is 26.0 Å². The molecular weight excluding hydrogens is 368 g/mol. The molecule has 3 N–H and O–H groups in total. The third-order valence-electron chi connectivity index (χ3n) is 3.84. The fraction of sp³-hybridized carbons (Fsp3) is 0.562. The molecule has 1 aromatic carbocycles. The second-order valence-electron chi connectivity index (χ2n) is 5.99. The van der Waals surface area contributed by atoms with E-state index in [9.17, 15) is 4.79 Å². The van der Waals surface area contributed by atoms with Crippen LogP contribution in [0.1, 0.15) is 49.9 Å². The molecule has 0 unspecified atom stereocenters. The highest BCUT2D eigenvalue weighted by Gasteiger charge is 2.34. The monoisotopic (exact) mass is 390 g/mol. The van der Waals surface area contributed by atoms with Crippen molar-refractivity contribution in [3.8, 4) is 5.75 Å².